The van der Waals surface area contributed by atoms with Gasteiger partial charge in [0.05, 0.1) is 11.7 Å². The van der Waals surface area contributed by atoms with Crippen molar-refractivity contribution < 1.29 is 4.79 Å². The Hall–Kier alpha value is -3.21. The van der Waals surface area contributed by atoms with Crippen molar-refractivity contribution >= 4 is 33.5 Å². The van der Waals surface area contributed by atoms with Crippen molar-refractivity contribution in [1.82, 2.24) is 14.5 Å². The molecule has 5 nitrogen and oxygen atoms in total. The van der Waals surface area contributed by atoms with Crippen molar-refractivity contribution in [1.29, 1.82) is 0 Å². The number of hydrogen-bond acceptors (Lipinski definition) is 3. The Morgan fingerprint density at radius 1 is 1.10 bits per heavy atom. The molecule has 4 rings (SSSR count). The fourth-order valence-corrected chi connectivity index (χ4v) is 4.06. The van der Waals surface area contributed by atoms with Crippen LogP contribution in [0.4, 0.5) is 5.82 Å². The van der Waals surface area contributed by atoms with E-state index in [9.17, 15) is 4.79 Å². The van der Waals surface area contributed by atoms with Crippen molar-refractivity contribution in [3.63, 3.8) is 0 Å². The van der Waals surface area contributed by atoms with Crippen LogP contribution in [0.15, 0.2) is 55.0 Å². The monoisotopic (exact) mass is 386 g/mol. The number of aromatic nitrogens is 3. The van der Waals surface area contributed by atoms with Gasteiger partial charge in [0.15, 0.2) is 0 Å². The summed E-state index contributed by atoms with van der Waals surface area (Å²) in [5.41, 5.74) is 4.52. The van der Waals surface area contributed by atoms with Crippen LogP contribution >= 0.6 is 0 Å². The Kier molecular flexibility index (Phi) is 5.30. The predicted octanol–water partition coefficient (Wildman–Crippen LogP) is 5.30. The van der Waals surface area contributed by atoms with E-state index in [4.69, 9.17) is 0 Å². The van der Waals surface area contributed by atoms with Gasteiger partial charge in [0.25, 0.3) is 0 Å². The van der Waals surface area contributed by atoms with Crippen LogP contribution in [-0.4, -0.2) is 20.4 Å². The van der Waals surface area contributed by atoms with Crippen LogP contribution < -0.4 is 5.32 Å². The molecule has 0 saturated heterocycles. The summed E-state index contributed by atoms with van der Waals surface area (Å²) in [4.78, 5) is 21.3. The van der Waals surface area contributed by atoms with Crippen molar-refractivity contribution in [2.24, 2.45) is 0 Å². The van der Waals surface area contributed by atoms with Gasteiger partial charge in [-0.25, -0.2) is 4.98 Å². The number of carbonyl (C=O) groups excluding carboxylic acids is 1. The molecule has 1 N–H and O–H groups in total. The molecule has 0 bridgehead atoms. The van der Waals surface area contributed by atoms with E-state index in [0.717, 1.165) is 23.1 Å². The standard InChI is InChI=1S/C24H26N4O/c1-4-18-23-19-7-5-6-8-20(19)28(16(2)3)21(23)15-26-24(18)27-22(29)10-9-17-11-13-25-14-12-17/h5-8,11-16H,4,9-10H2,1-3H3,(H,26,27,29). The Balaban J connectivity index is 1.70. The maximum atomic E-state index is 12.6. The van der Waals surface area contributed by atoms with E-state index in [1.807, 2.05) is 18.3 Å². The summed E-state index contributed by atoms with van der Waals surface area (Å²) in [5.74, 6) is 0.655. The van der Waals surface area contributed by atoms with E-state index < -0.39 is 0 Å². The Morgan fingerprint density at radius 2 is 1.86 bits per heavy atom. The highest BCUT2D eigenvalue weighted by molar-refractivity contribution is 6.11. The molecule has 0 unspecified atom stereocenters. The number of carbonyl (C=O) groups is 1. The first-order chi connectivity index (χ1) is 14.1. The smallest absolute Gasteiger partial charge is 0.225 e. The minimum absolute atomic E-state index is 0.0176. The molecule has 0 aliphatic rings. The number of anilines is 1. The number of hydrogen-bond donors (Lipinski definition) is 1. The lowest BCUT2D eigenvalue weighted by molar-refractivity contribution is -0.116. The molecule has 5 heteroatoms. The molecule has 3 aromatic heterocycles. The predicted molar refractivity (Wildman–Crippen MR) is 118 cm³/mol. The van der Waals surface area contributed by atoms with Crippen molar-refractivity contribution in [3.05, 3.63) is 66.1 Å². The molecule has 1 aromatic carbocycles. The summed E-state index contributed by atoms with van der Waals surface area (Å²) in [7, 11) is 0. The number of amides is 1. The van der Waals surface area contributed by atoms with E-state index in [1.165, 1.54) is 16.3 Å². The zero-order valence-corrected chi connectivity index (χ0v) is 17.1. The number of fused-ring (bicyclic) bond motifs is 3. The average Bonchev–Trinajstić information content (AvgIpc) is 3.08. The minimum atomic E-state index is -0.0176. The molecule has 0 radical (unpaired) electrons. The van der Waals surface area contributed by atoms with E-state index in [1.54, 1.807) is 12.4 Å². The van der Waals surface area contributed by atoms with E-state index in [0.29, 0.717) is 24.7 Å². The number of rotatable bonds is 6. The molecule has 0 aliphatic carbocycles. The molecule has 148 valence electrons. The van der Waals surface area contributed by atoms with Crippen LogP contribution in [0, 0.1) is 0 Å². The van der Waals surface area contributed by atoms with Gasteiger partial charge in [0.1, 0.15) is 5.82 Å². The number of nitrogens with one attached hydrogen (secondary N) is 1. The number of aryl methyl sites for hydroxylation is 2. The normalized spacial score (nSPS) is 11.4. The van der Waals surface area contributed by atoms with Gasteiger partial charge in [-0.15, -0.1) is 0 Å². The van der Waals surface area contributed by atoms with Crippen molar-refractivity contribution in [3.8, 4) is 0 Å². The van der Waals surface area contributed by atoms with Gasteiger partial charge in [-0.2, -0.15) is 0 Å². The molecule has 0 aliphatic heterocycles. The number of pyridine rings is 2. The Morgan fingerprint density at radius 3 is 2.59 bits per heavy atom. The van der Waals surface area contributed by atoms with Gasteiger partial charge in [-0.1, -0.05) is 25.1 Å². The van der Waals surface area contributed by atoms with Crippen molar-refractivity contribution in [2.45, 2.75) is 46.1 Å². The van der Waals surface area contributed by atoms with Crippen LogP contribution in [0.3, 0.4) is 0 Å². The molecule has 0 saturated carbocycles. The fraction of sp³-hybridized carbons (Fsp3) is 0.292. The average molecular weight is 386 g/mol. The Labute approximate surface area is 170 Å². The Bertz CT molecular complexity index is 1160. The molecule has 0 spiro atoms. The summed E-state index contributed by atoms with van der Waals surface area (Å²) in [5, 5.41) is 5.45. The molecule has 4 aromatic rings. The second-order valence-corrected chi connectivity index (χ2v) is 7.58. The highest BCUT2D eigenvalue weighted by Gasteiger charge is 2.19. The summed E-state index contributed by atoms with van der Waals surface area (Å²) in [6.07, 6.45) is 7.31. The molecule has 1 amide bonds. The molecule has 0 fully saturated rings. The zero-order chi connectivity index (χ0) is 20.4. The lowest BCUT2D eigenvalue weighted by Crippen LogP contribution is -2.15. The first-order valence-corrected chi connectivity index (χ1v) is 10.2. The molecule has 3 heterocycles. The van der Waals surface area contributed by atoms with Crippen molar-refractivity contribution in [2.75, 3.05) is 5.32 Å². The first kappa shape index (κ1) is 19.1. The SMILES string of the molecule is CCc1c(NC(=O)CCc2ccncc2)ncc2c1c1ccccc1n2C(C)C. The molecular formula is C24H26N4O. The maximum Gasteiger partial charge on any atom is 0.225 e. The van der Waals surface area contributed by atoms with Gasteiger partial charge in [-0.05, 0) is 50.5 Å². The van der Waals surface area contributed by atoms with E-state index in [2.05, 4.69) is 64.9 Å². The zero-order valence-electron chi connectivity index (χ0n) is 17.1. The third-order valence-electron chi connectivity index (χ3n) is 5.37. The lowest BCUT2D eigenvalue weighted by Gasteiger charge is -2.13. The summed E-state index contributed by atoms with van der Waals surface area (Å²) < 4.78 is 2.33. The first-order valence-electron chi connectivity index (χ1n) is 10.2. The minimum Gasteiger partial charge on any atom is -0.337 e. The quantitative estimate of drug-likeness (QED) is 0.489. The van der Waals surface area contributed by atoms with Crippen LogP contribution in [-0.2, 0) is 17.6 Å². The number of nitrogens with zero attached hydrogens (tertiary/aromatic N) is 3. The highest BCUT2D eigenvalue weighted by atomic mass is 16.1. The molecule has 29 heavy (non-hydrogen) atoms. The molecule has 0 atom stereocenters. The number of para-hydroxylation sites is 1. The van der Waals surface area contributed by atoms with Crippen LogP contribution in [0.2, 0.25) is 0 Å². The largest absolute Gasteiger partial charge is 0.337 e. The fourth-order valence-electron chi connectivity index (χ4n) is 4.06. The van der Waals surface area contributed by atoms with Crippen LogP contribution in [0.25, 0.3) is 21.8 Å². The van der Waals surface area contributed by atoms with Gasteiger partial charge in [0, 0.05) is 46.7 Å². The van der Waals surface area contributed by atoms with Crippen LogP contribution in [0.1, 0.15) is 44.4 Å². The van der Waals surface area contributed by atoms with Gasteiger partial charge >= 0.3 is 0 Å². The van der Waals surface area contributed by atoms with Crippen LogP contribution in [0.5, 0.6) is 0 Å². The van der Waals surface area contributed by atoms with E-state index in [-0.39, 0.29) is 5.91 Å². The highest BCUT2D eigenvalue weighted by Crippen LogP contribution is 2.36. The lowest BCUT2D eigenvalue weighted by atomic mass is 10.1. The van der Waals surface area contributed by atoms with Gasteiger partial charge in [-0.3, -0.25) is 9.78 Å². The summed E-state index contributed by atoms with van der Waals surface area (Å²) >= 11 is 0. The summed E-state index contributed by atoms with van der Waals surface area (Å²) in [6, 6.07) is 12.7. The topological polar surface area (TPSA) is 59.8 Å². The van der Waals surface area contributed by atoms with E-state index >= 15 is 0 Å². The second kappa shape index (κ2) is 8.03. The second-order valence-electron chi connectivity index (χ2n) is 7.58. The number of benzene rings is 1. The third kappa shape index (κ3) is 3.60. The third-order valence-corrected chi connectivity index (χ3v) is 5.37. The maximum absolute atomic E-state index is 12.6. The van der Waals surface area contributed by atoms with Gasteiger partial charge < -0.3 is 9.88 Å². The summed E-state index contributed by atoms with van der Waals surface area (Å²) in [6.45, 7) is 6.49. The molecular weight excluding hydrogens is 360 g/mol. The van der Waals surface area contributed by atoms with Gasteiger partial charge in [0.2, 0.25) is 5.91 Å².